The van der Waals surface area contributed by atoms with Crippen molar-refractivity contribution in [1.29, 1.82) is 0 Å². The van der Waals surface area contributed by atoms with E-state index in [2.05, 4.69) is 10.2 Å². The van der Waals surface area contributed by atoms with Gasteiger partial charge in [0, 0.05) is 11.5 Å². The fraction of sp³-hybridized carbons (Fsp3) is 0.444. The molecule has 1 aliphatic rings. The van der Waals surface area contributed by atoms with Gasteiger partial charge >= 0.3 is 12.0 Å². The van der Waals surface area contributed by atoms with Crippen molar-refractivity contribution in [2.24, 2.45) is 11.1 Å². The molecule has 0 radical (unpaired) electrons. The standard InChI is InChI=1S/C9H14N2O3/c1-9(2,3)6-4-5-7(14-11-6)13-8(10)12/h4-5,11H,1-3H3,(H2,10,12). The van der Waals surface area contributed by atoms with Crippen LogP contribution in [0.5, 0.6) is 0 Å². The number of primary amides is 1. The first-order valence-electron chi connectivity index (χ1n) is 4.22. The predicted octanol–water partition coefficient (Wildman–Crippen LogP) is 1.39. The molecule has 14 heavy (non-hydrogen) atoms. The van der Waals surface area contributed by atoms with Crippen molar-refractivity contribution in [3.8, 4) is 0 Å². The van der Waals surface area contributed by atoms with E-state index in [0.29, 0.717) is 0 Å². The zero-order valence-corrected chi connectivity index (χ0v) is 8.46. The molecular formula is C9H14N2O3. The minimum atomic E-state index is -0.898. The van der Waals surface area contributed by atoms with Crippen LogP contribution < -0.4 is 11.2 Å². The van der Waals surface area contributed by atoms with Crippen molar-refractivity contribution in [3.63, 3.8) is 0 Å². The van der Waals surface area contributed by atoms with Crippen molar-refractivity contribution in [1.82, 2.24) is 5.48 Å². The van der Waals surface area contributed by atoms with Crippen LogP contribution in [0.25, 0.3) is 0 Å². The molecule has 0 fully saturated rings. The number of hydroxylamine groups is 1. The predicted molar refractivity (Wildman–Crippen MR) is 50.5 cm³/mol. The molecule has 1 amide bonds. The van der Waals surface area contributed by atoms with Gasteiger partial charge in [0.25, 0.3) is 0 Å². The summed E-state index contributed by atoms with van der Waals surface area (Å²) in [6.07, 6.45) is 2.43. The molecule has 0 atom stereocenters. The van der Waals surface area contributed by atoms with E-state index in [-0.39, 0.29) is 11.4 Å². The molecule has 3 N–H and O–H groups in total. The molecule has 0 aromatic heterocycles. The van der Waals surface area contributed by atoms with Crippen molar-refractivity contribution in [2.75, 3.05) is 0 Å². The summed E-state index contributed by atoms with van der Waals surface area (Å²) in [5.41, 5.74) is 8.34. The van der Waals surface area contributed by atoms with Crippen LogP contribution in [0.4, 0.5) is 4.79 Å². The Morgan fingerprint density at radius 3 is 2.50 bits per heavy atom. The van der Waals surface area contributed by atoms with Crippen molar-refractivity contribution >= 4 is 6.09 Å². The van der Waals surface area contributed by atoms with Crippen LogP contribution in [0.2, 0.25) is 0 Å². The Bertz CT molecular complexity index is 300. The van der Waals surface area contributed by atoms with E-state index in [1.54, 1.807) is 12.2 Å². The van der Waals surface area contributed by atoms with Crippen molar-refractivity contribution in [3.05, 3.63) is 23.8 Å². The second-order valence-electron chi connectivity index (χ2n) is 3.94. The van der Waals surface area contributed by atoms with Gasteiger partial charge in [0.15, 0.2) is 0 Å². The highest BCUT2D eigenvalue weighted by Gasteiger charge is 2.20. The highest BCUT2D eigenvalue weighted by Crippen LogP contribution is 2.25. The smallest absolute Gasteiger partial charge is 0.375 e. The Morgan fingerprint density at radius 2 is 2.14 bits per heavy atom. The number of ether oxygens (including phenoxy) is 1. The van der Waals surface area contributed by atoms with E-state index >= 15 is 0 Å². The number of amides is 1. The van der Waals surface area contributed by atoms with Gasteiger partial charge in [0.2, 0.25) is 0 Å². The summed E-state index contributed by atoms with van der Waals surface area (Å²) in [6.45, 7) is 6.09. The van der Waals surface area contributed by atoms with Crippen LogP contribution in [0.1, 0.15) is 20.8 Å². The first kappa shape index (κ1) is 10.4. The Labute approximate surface area is 82.5 Å². The van der Waals surface area contributed by atoms with Gasteiger partial charge in [0.1, 0.15) is 0 Å². The summed E-state index contributed by atoms with van der Waals surface area (Å²) < 4.78 is 4.52. The molecule has 0 aromatic carbocycles. The molecular weight excluding hydrogens is 184 g/mol. The number of carbonyl (C=O) groups is 1. The number of rotatable bonds is 1. The van der Waals surface area contributed by atoms with Gasteiger partial charge in [-0.15, -0.1) is 0 Å². The van der Waals surface area contributed by atoms with Crippen LogP contribution in [-0.2, 0) is 9.57 Å². The molecule has 1 rings (SSSR count). The molecule has 0 saturated carbocycles. The third kappa shape index (κ3) is 2.69. The lowest BCUT2D eigenvalue weighted by Crippen LogP contribution is -2.28. The Morgan fingerprint density at radius 1 is 1.50 bits per heavy atom. The Hall–Kier alpha value is -1.65. The zero-order valence-electron chi connectivity index (χ0n) is 8.46. The first-order valence-corrected chi connectivity index (χ1v) is 4.22. The monoisotopic (exact) mass is 198 g/mol. The average molecular weight is 198 g/mol. The van der Waals surface area contributed by atoms with Gasteiger partial charge in [-0.1, -0.05) is 20.8 Å². The lowest BCUT2D eigenvalue weighted by Gasteiger charge is -2.25. The largest absolute Gasteiger partial charge is 0.412 e. The van der Waals surface area contributed by atoms with Crippen LogP contribution in [0, 0.1) is 5.41 Å². The average Bonchev–Trinajstić information content (AvgIpc) is 2.02. The third-order valence-electron chi connectivity index (χ3n) is 1.66. The molecule has 0 saturated heterocycles. The maximum absolute atomic E-state index is 10.4. The van der Waals surface area contributed by atoms with Gasteiger partial charge < -0.3 is 15.3 Å². The van der Waals surface area contributed by atoms with Gasteiger partial charge in [-0.05, 0) is 6.08 Å². The summed E-state index contributed by atoms with van der Waals surface area (Å²) >= 11 is 0. The van der Waals surface area contributed by atoms with E-state index < -0.39 is 6.09 Å². The quantitative estimate of drug-likeness (QED) is 0.667. The fourth-order valence-electron chi connectivity index (χ4n) is 0.882. The molecule has 1 heterocycles. The van der Waals surface area contributed by atoms with Crippen LogP contribution in [0.15, 0.2) is 23.8 Å². The number of hydrogen-bond donors (Lipinski definition) is 2. The third-order valence-corrected chi connectivity index (χ3v) is 1.66. The van der Waals surface area contributed by atoms with Gasteiger partial charge in [0.05, 0.1) is 5.70 Å². The molecule has 0 spiro atoms. The van der Waals surface area contributed by atoms with Gasteiger partial charge in [-0.25, -0.2) is 10.3 Å². The highest BCUT2D eigenvalue weighted by atomic mass is 16.8. The zero-order chi connectivity index (χ0) is 10.8. The summed E-state index contributed by atoms with van der Waals surface area (Å²) in [4.78, 5) is 15.3. The number of nitrogens with two attached hydrogens (primary N) is 1. The first-order chi connectivity index (χ1) is 6.39. The molecule has 78 valence electrons. The summed E-state index contributed by atoms with van der Waals surface area (Å²) in [5, 5.41) is 0. The van der Waals surface area contributed by atoms with E-state index in [1.165, 1.54) is 0 Å². The van der Waals surface area contributed by atoms with E-state index in [4.69, 9.17) is 10.6 Å². The molecule has 1 aliphatic heterocycles. The minimum Gasteiger partial charge on any atom is -0.375 e. The topological polar surface area (TPSA) is 73.6 Å². The van der Waals surface area contributed by atoms with Crippen LogP contribution in [-0.4, -0.2) is 6.09 Å². The number of allylic oxidation sites excluding steroid dienone is 3. The van der Waals surface area contributed by atoms with E-state index in [9.17, 15) is 4.79 Å². The molecule has 0 aliphatic carbocycles. The van der Waals surface area contributed by atoms with E-state index in [0.717, 1.165) is 5.70 Å². The number of nitrogens with one attached hydrogen (secondary N) is 1. The van der Waals surface area contributed by atoms with Crippen molar-refractivity contribution < 1.29 is 14.4 Å². The second-order valence-corrected chi connectivity index (χ2v) is 3.94. The molecule has 0 aromatic rings. The van der Waals surface area contributed by atoms with Gasteiger partial charge in [-0.2, -0.15) is 0 Å². The lowest BCUT2D eigenvalue weighted by molar-refractivity contribution is 0.0153. The maximum Gasteiger partial charge on any atom is 0.412 e. The summed E-state index contributed by atoms with van der Waals surface area (Å²) in [7, 11) is 0. The van der Waals surface area contributed by atoms with E-state index in [1.807, 2.05) is 20.8 Å². The second kappa shape index (κ2) is 3.61. The number of carbonyl (C=O) groups excluding carboxylic acids is 1. The highest BCUT2D eigenvalue weighted by molar-refractivity contribution is 5.65. The maximum atomic E-state index is 10.4. The minimum absolute atomic E-state index is 0.0468. The normalized spacial score (nSPS) is 15.9. The van der Waals surface area contributed by atoms with Crippen molar-refractivity contribution in [2.45, 2.75) is 20.8 Å². The van der Waals surface area contributed by atoms with Crippen LogP contribution in [0.3, 0.4) is 0 Å². The molecule has 0 unspecified atom stereocenters. The molecule has 5 heteroatoms. The SMILES string of the molecule is CC(C)(C)C1=CC=C(OC(N)=O)ON1. The molecule has 5 nitrogen and oxygen atoms in total. The summed E-state index contributed by atoms with van der Waals surface area (Å²) in [6, 6.07) is 0. The number of hydrogen-bond acceptors (Lipinski definition) is 4. The Kier molecular flexibility index (Phi) is 2.69. The fourth-order valence-corrected chi connectivity index (χ4v) is 0.882. The Balaban J connectivity index is 2.69. The van der Waals surface area contributed by atoms with Crippen LogP contribution >= 0.6 is 0 Å². The lowest BCUT2D eigenvalue weighted by atomic mass is 9.92. The van der Waals surface area contributed by atoms with Gasteiger partial charge in [-0.3, -0.25) is 0 Å². The summed E-state index contributed by atoms with van der Waals surface area (Å²) in [5.74, 6) is 0.0468. The molecule has 0 bridgehead atoms.